The number of aliphatic carboxylic acids is 1. The van der Waals surface area contributed by atoms with Crippen molar-refractivity contribution in [2.24, 2.45) is 0 Å². The van der Waals surface area contributed by atoms with Gasteiger partial charge < -0.3 is 36.2 Å². The van der Waals surface area contributed by atoms with Crippen LogP contribution in [0.2, 0.25) is 0 Å². The number of carbonyl (C=O) groups is 6. The average Bonchev–Trinajstić information content (AvgIpc) is 3.40. The summed E-state index contributed by atoms with van der Waals surface area (Å²) in [5.41, 5.74) is -2.52. The SMILES string of the molecule is CCCCCCCCCCCCCCCC(=O)N(C(=O)CCCCCCCCCCCCCCC)[C@@](CSCC(O)CO)(C(=O)CCCCCCCCCCCCCCC)C(=O)N[C@@H](CO)C(=O)N[C@@H](CO)C(=O)O. The van der Waals surface area contributed by atoms with Crippen LogP contribution < -0.4 is 10.6 Å². The third-order valence-corrected chi connectivity index (χ3v) is 15.9. The molecule has 4 atom stereocenters. The van der Waals surface area contributed by atoms with Gasteiger partial charge in [0.1, 0.15) is 12.1 Å². The molecule has 440 valence electrons. The van der Waals surface area contributed by atoms with Crippen molar-refractivity contribution in [1.29, 1.82) is 0 Å². The third-order valence-electron chi connectivity index (χ3n) is 14.6. The van der Waals surface area contributed by atoms with Gasteiger partial charge in [-0.2, -0.15) is 11.8 Å². The van der Waals surface area contributed by atoms with E-state index in [0.29, 0.717) is 38.5 Å². The molecule has 0 spiro atoms. The largest absolute Gasteiger partial charge is 0.480 e. The van der Waals surface area contributed by atoms with Gasteiger partial charge in [-0.3, -0.25) is 28.9 Å². The number of ketones is 1. The first-order chi connectivity index (χ1) is 36.4. The third kappa shape index (κ3) is 36.3. The van der Waals surface area contributed by atoms with Crippen LogP contribution in [0.1, 0.15) is 290 Å². The highest BCUT2D eigenvalue weighted by Crippen LogP contribution is 2.30. The number of carbonyl (C=O) groups excluding carboxylic acids is 5. The number of carboxylic acids is 1. The summed E-state index contributed by atoms with van der Waals surface area (Å²) >= 11 is 0.919. The molecule has 0 heterocycles. The van der Waals surface area contributed by atoms with E-state index in [-0.39, 0.29) is 25.0 Å². The van der Waals surface area contributed by atoms with Crippen molar-refractivity contribution in [3.05, 3.63) is 0 Å². The van der Waals surface area contributed by atoms with Gasteiger partial charge in [-0.05, 0) is 19.3 Å². The number of unbranched alkanes of at least 4 members (excludes halogenated alkanes) is 36. The Morgan fingerprint density at radius 3 is 1.03 bits per heavy atom. The van der Waals surface area contributed by atoms with Crippen molar-refractivity contribution in [3.8, 4) is 0 Å². The van der Waals surface area contributed by atoms with Crippen LogP contribution in [0.25, 0.3) is 0 Å². The normalized spacial score (nSPS) is 13.5. The number of nitrogens with zero attached hydrogens (tertiary/aromatic N) is 1. The molecule has 0 aliphatic rings. The lowest BCUT2D eigenvalue weighted by atomic mass is 9.87. The Kier molecular flexibility index (Phi) is 49.1. The van der Waals surface area contributed by atoms with Crippen LogP contribution in [0.15, 0.2) is 0 Å². The summed E-state index contributed by atoms with van der Waals surface area (Å²) in [7, 11) is 0. The zero-order valence-corrected chi connectivity index (χ0v) is 48.8. The van der Waals surface area contributed by atoms with Crippen molar-refractivity contribution < 1.29 is 54.3 Å². The fourth-order valence-corrected chi connectivity index (χ4v) is 11.0. The molecular formula is C60H113N3O11S. The first kappa shape index (κ1) is 72.4. The minimum absolute atomic E-state index is 0.117. The molecule has 15 heteroatoms. The molecule has 0 saturated heterocycles. The van der Waals surface area contributed by atoms with Crippen molar-refractivity contribution in [3.63, 3.8) is 0 Å². The van der Waals surface area contributed by atoms with Crippen LogP contribution in [0, 0.1) is 0 Å². The number of nitrogens with one attached hydrogen (secondary N) is 2. The van der Waals surface area contributed by atoms with E-state index in [1.165, 1.54) is 135 Å². The molecule has 75 heavy (non-hydrogen) atoms. The maximum atomic E-state index is 15.1. The first-order valence-electron chi connectivity index (χ1n) is 30.7. The summed E-state index contributed by atoms with van der Waals surface area (Å²) in [5.74, 6) is -6.66. The predicted molar refractivity (Wildman–Crippen MR) is 307 cm³/mol. The summed E-state index contributed by atoms with van der Waals surface area (Å²) < 4.78 is 0. The first-order valence-corrected chi connectivity index (χ1v) is 31.9. The van der Waals surface area contributed by atoms with Crippen LogP contribution >= 0.6 is 11.8 Å². The van der Waals surface area contributed by atoms with E-state index in [1.54, 1.807) is 0 Å². The van der Waals surface area contributed by atoms with Crippen LogP contribution in [-0.2, 0) is 28.8 Å². The Labute approximate surface area is 460 Å². The number of imide groups is 1. The summed E-state index contributed by atoms with van der Waals surface area (Å²) in [6, 6.07) is -3.59. The number of hydrogen-bond acceptors (Lipinski definition) is 11. The molecule has 0 fully saturated rings. The second kappa shape index (κ2) is 50.9. The smallest absolute Gasteiger partial charge is 0.328 e. The van der Waals surface area contributed by atoms with Gasteiger partial charge in [0.25, 0.3) is 5.91 Å². The zero-order chi connectivity index (χ0) is 55.6. The summed E-state index contributed by atoms with van der Waals surface area (Å²) in [6.45, 7) is 4.04. The molecule has 0 aromatic rings. The Bertz CT molecular complexity index is 1400. The van der Waals surface area contributed by atoms with Crippen molar-refractivity contribution >= 4 is 47.1 Å². The van der Waals surface area contributed by atoms with Gasteiger partial charge in [0.2, 0.25) is 17.7 Å². The Morgan fingerprint density at radius 2 is 0.733 bits per heavy atom. The number of Topliss-reactive ketones (excluding diaryl/α,β-unsaturated/α-hetero) is 1. The second-order valence-electron chi connectivity index (χ2n) is 21.5. The van der Waals surface area contributed by atoms with Crippen LogP contribution in [0.5, 0.6) is 0 Å². The standard InChI is InChI=1S/C60H113N3O11S/c1-4-7-10-13-16-19-22-25-28-31-34-37-40-43-54(68)60(50-75-49-51(67)46-64,59(74)62-52(47-65)57(71)61-53(48-66)58(72)73)63(55(69)44-41-38-35-32-29-26-23-20-17-14-11-8-5-2)56(70)45-42-39-36-33-30-27-24-21-18-15-12-9-6-3/h51-53,64-67H,4-50H2,1-3H3,(H,61,71)(H,62,74)(H,72,73)/t51?,52-,53-,60-/m0/s1. The second-order valence-corrected chi connectivity index (χ2v) is 22.6. The molecule has 0 aromatic heterocycles. The van der Waals surface area contributed by atoms with E-state index >= 15 is 9.59 Å². The molecule has 0 saturated carbocycles. The summed E-state index contributed by atoms with van der Waals surface area (Å²) in [5, 5.41) is 54.3. The van der Waals surface area contributed by atoms with Gasteiger partial charge in [-0.1, -0.05) is 252 Å². The van der Waals surface area contributed by atoms with Gasteiger partial charge >= 0.3 is 5.97 Å². The highest BCUT2D eigenvalue weighted by molar-refractivity contribution is 7.99. The molecule has 0 aliphatic heterocycles. The number of thioether (sulfide) groups is 1. The van der Waals surface area contributed by atoms with Crippen molar-refractivity contribution in [1.82, 2.24) is 15.5 Å². The molecule has 0 radical (unpaired) electrons. The van der Waals surface area contributed by atoms with Gasteiger partial charge in [0.15, 0.2) is 11.3 Å². The fraction of sp³-hybridized carbons (Fsp3) is 0.900. The Hall–Kier alpha value is -2.59. The maximum absolute atomic E-state index is 15.1. The molecule has 0 aromatic carbocycles. The monoisotopic (exact) mass is 1080 g/mol. The van der Waals surface area contributed by atoms with E-state index < -0.39 is 84.7 Å². The number of carboxylic acid groups (broad SMARTS) is 1. The highest BCUT2D eigenvalue weighted by atomic mass is 32.2. The predicted octanol–water partition coefficient (Wildman–Crippen LogP) is 12.2. The number of hydrogen-bond donors (Lipinski definition) is 7. The van der Waals surface area contributed by atoms with Gasteiger partial charge in [0, 0.05) is 30.8 Å². The summed E-state index contributed by atoms with van der Waals surface area (Å²) in [6.07, 6.45) is 40.2. The minimum atomic E-state index is -2.52. The lowest BCUT2D eigenvalue weighted by Crippen LogP contribution is -2.70. The lowest BCUT2D eigenvalue weighted by Gasteiger charge is -2.41. The minimum Gasteiger partial charge on any atom is -0.480 e. The Morgan fingerprint density at radius 1 is 0.427 bits per heavy atom. The zero-order valence-electron chi connectivity index (χ0n) is 48.0. The molecule has 1 unspecified atom stereocenters. The van der Waals surface area contributed by atoms with Crippen LogP contribution in [-0.4, -0.2) is 121 Å². The van der Waals surface area contributed by atoms with Gasteiger partial charge in [0.05, 0.1) is 25.9 Å². The molecular weight excluding hydrogens is 971 g/mol. The van der Waals surface area contributed by atoms with E-state index in [9.17, 15) is 44.7 Å². The number of amides is 4. The van der Waals surface area contributed by atoms with Gasteiger partial charge in [-0.25, -0.2) is 4.79 Å². The highest BCUT2D eigenvalue weighted by Gasteiger charge is 2.55. The van der Waals surface area contributed by atoms with Crippen molar-refractivity contribution in [2.75, 3.05) is 31.3 Å². The van der Waals surface area contributed by atoms with E-state index in [4.69, 9.17) is 0 Å². The topological polar surface area (TPSA) is 231 Å². The van der Waals surface area contributed by atoms with Crippen molar-refractivity contribution in [2.45, 2.75) is 314 Å². The quantitative estimate of drug-likeness (QED) is 0.0223. The molecule has 0 aliphatic carbocycles. The Balaban J connectivity index is 6.62. The number of aliphatic hydroxyl groups is 4. The number of rotatable bonds is 56. The van der Waals surface area contributed by atoms with Gasteiger partial charge in [-0.15, -0.1) is 0 Å². The average molecular weight is 1080 g/mol. The maximum Gasteiger partial charge on any atom is 0.328 e. The van der Waals surface area contributed by atoms with E-state index in [1.807, 2.05) is 0 Å². The number of aliphatic hydroxyl groups excluding tert-OH is 4. The van der Waals surface area contributed by atoms with Crippen LogP contribution in [0.4, 0.5) is 0 Å². The molecule has 0 bridgehead atoms. The summed E-state index contributed by atoms with van der Waals surface area (Å²) in [4.78, 5) is 85.8. The van der Waals surface area contributed by atoms with Crippen LogP contribution in [0.3, 0.4) is 0 Å². The molecule has 0 rings (SSSR count). The fourth-order valence-electron chi connectivity index (χ4n) is 9.77. The molecule has 7 N–H and O–H groups in total. The van der Waals surface area contributed by atoms with E-state index in [0.717, 1.165) is 93.7 Å². The van der Waals surface area contributed by atoms with E-state index in [2.05, 4.69) is 31.4 Å². The molecule has 4 amide bonds. The lowest BCUT2D eigenvalue weighted by molar-refractivity contribution is -0.163. The molecule has 14 nitrogen and oxygen atoms in total.